The molecular formula is C17H23N5O. The minimum atomic E-state index is -0.0278. The number of pyridine rings is 1. The number of amides is 2. The van der Waals surface area contributed by atoms with Gasteiger partial charge in [-0.1, -0.05) is 6.07 Å². The Hall–Kier alpha value is -2.37. The number of hydrogen-bond acceptors (Lipinski definition) is 3. The molecule has 1 aliphatic heterocycles. The second-order valence-corrected chi connectivity index (χ2v) is 5.96. The van der Waals surface area contributed by atoms with Crippen LogP contribution in [0.2, 0.25) is 0 Å². The lowest BCUT2D eigenvalue weighted by atomic mass is 9.91. The summed E-state index contributed by atoms with van der Waals surface area (Å²) in [7, 11) is 0. The average molecular weight is 313 g/mol. The molecule has 0 spiro atoms. The van der Waals surface area contributed by atoms with E-state index in [0.717, 1.165) is 44.7 Å². The second kappa shape index (κ2) is 7.26. The molecule has 1 fully saturated rings. The number of hydrogen-bond donors (Lipinski definition) is 1. The quantitative estimate of drug-likeness (QED) is 0.944. The number of nitrogens with one attached hydrogen (secondary N) is 1. The fraction of sp³-hybridized carbons (Fsp3) is 0.471. The molecule has 1 N–H and O–H groups in total. The molecule has 0 saturated carbocycles. The van der Waals surface area contributed by atoms with Crippen LogP contribution < -0.4 is 5.32 Å². The number of carbonyl (C=O) groups excluding carboxylic acids is 1. The molecule has 0 atom stereocenters. The summed E-state index contributed by atoms with van der Waals surface area (Å²) < 4.78 is 1.78. The fourth-order valence-electron chi connectivity index (χ4n) is 3.07. The highest BCUT2D eigenvalue weighted by Gasteiger charge is 2.23. The molecule has 2 aromatic heterocycles. The minimum absolute atomic E-state index is 0.0278. The van der Waals surface area contributed by atoms with E-state index in [9.17, 15) is 4.79 Å². The van der Waals surface area contributed by atoms with E-state index < -0.39 is 0 Å². The highest BCUT2D eigenvalue weighted by atomic mass is 16.2. The summed E-state index contributed by atoms with van der Waals surface area (Å²) in [6.45, 7) is 4.36. The van der Waals surface area contributed by atoms with E-state index in [-0.39, 0.29) is 6.03 Å². The number of carbonyl (C=O) groups is 1. The topological polar surface area (TPSA) is 63.1 Å². The van der Waals surface area contributed by atoms with E-state index >= 15 is 0 Å². The van der Waals surface area contributed by atoms with Gasteiger partial charge in [-0.15, -0.1) is 0 Å². The van der Waals surface area contributed by atoms with Crippen LogP contribution in [0.1, 0.15) is 25.3 Å². The highest BCUT2D eigenvalue weighted by Crippen LogP contribution is 2.22. The molecule has 6 heteroatoms. The van der Waals surface area contributed by atoms with Crippen molar-refractivity contribution in [1.29, 1.82) is 0 Å². The molecule has 3 heterocycles. The number of likely N-dealkylation sites (tertiary alicyclic amines) is 1. The lowest BCUT2D eigenvalue weighted by molar-refractivity contribution is 0.182. The molecule has 1 saturated heterocycles. The van der Waals surface area contributed by atoms with Gasteiger partial charge < -0.3 is 4.90 Å². The van der Waals surface area contributed by atoms with Gasteiger partial charge in [-0.05, 0) is 43.7 Å². The third-order valence-electron chi connectivity index (χ3n) is 4.40. The van der Waals surface area contributed by atoms with Gasteiger partial charge in [-0.3, -0.25) is 10.3 Å². The van der Waals surface area contributed by atoms with Crippen molar-refractivity contribution in [2.45, 2.75) is 32.7 Å². The highest BCUT2D eigenvalue weighted by molar-refractivity contribution is 5.88. The third kappa shape index (κ3) is 3.88. The van der Waals surface area contributed by atoms with Crippen molar-refractivity contribution in [3.8, 4) is 0 Å². The molecule has 23 heavy (non-hydrogen) atoms. The maximum absolute atomic E-state index is 12.4. The normalized spacial score (nSPS) is 15.6. The summed E-state index contributed by atoms with van der Waals surface area (Å²) in [4.78, 5) is 18.4. The van der Waals surface area contributed by atoms with Gasteiger partial charge in [0, 0.05) is 38.1 Å². The molecule has 0 radical (unpaired) electrons. The Morgan fingerprint density at radius 2 is 2.13 bits per heavy atom. The van der Waals surface area contributed by atoms with Crippen LogP contribution in [0.3, 0.4) is 0 Å². The lowest BCUT2D eigenvalue weighted by Gasteiger charge is -2.32. The van der Waals surface area contributed by atoms with Gasteiger partial charge in [0.1, 0.15) is 5.82 Å². The third-order valence-corrected chi connectivity index (χ3v) is 4.40. The average Bonchev–Trinajstić information content (AvgIpc) is 3.03. The summed E-state index contributed by atoms with van der Waals surface area (Å²) in [5, 5.41) is 7.12. The first-order valence-electron chi connectivity index (χ1n) is 8.23. The Balaban J connectivity index is 1.49. The van der Waals surface area contributed by atoms with Crippen molar-refractivity contribution in [3.05, 3.63) is 42.4 Å². The molecule has 0 bridgehead atoms. The summed E-state index contributed by atoms with van der Waals surface area (Å²) in [6, 6.07) is 5.91. The Bertz CT molecular complexity index is 631. The molecule has 2 aromatic rings. The van der Waals surface area contributed by atoms with Crippen molar-refractivity contribution in [2.24, 2.45) is 5.92 Å². The molecular weight excluding hydrogens is 290 g/mol. The number of urea groups is 1. The largest absolute Gasteiger partial charge is 0.324 e. The smallest absolute Gasteiger partial charge is 0.322 e. The van der Waals surface area contributed by atoms with Crippen molar-refractivity contribution in [1.82, 2.24) is 19.7 Å². The Morgan fingerprint density at radius 1 is 1.30 bits per heavy atom. The van der Waals surface area contributed by atoms with E-state index in [2.05, 4.69) is 21.5 Å². The Kier molecular flexibility index (Phi) is 4.90. The molecule has 122 valence electrons. The second-order valence-electron chi connectivity index (χ2n) is 5.96. The van der Waals surface area contributed by atoms with Crippen molar-refractivity contribution in [2.75, 3.05) is 18.4 Å². The molecule has 2 amide bonds. The zero-order valence-corrected chi connectivity index (χ0v) is 13.5. The van der Waals surface area contributed by atoms with Crippen molar-refractivity contribution < 1.29 is 4.79 Å². The number of rotatable bonds is 4. The number of aromatic nitrogens is 3. The lowest BCUT2D eigenvalue weighted by Crippen LogP contribution is -2.41. The predicted octanol–water partition coefficient (Wildman–Crippen LogP) is 2.78. The maximum Gasteiger partial charge on any atom is 0.322 e. The van der Waals surface area contributed by atoms with Crippen LogP contribution in [0.25, 0.3) is 0 Å². The standard InChI is InChI=1S/C17H23N5O/c1-2-22-16(5-9-19-22)20-17(23)21-10-6-14(7-11-21)12-15-4-3-8-18-13-15/h3-5,8-9,13-14H,2,6-7,10-12H2,1H3,(H,20,23). The fourth-order valence-corrected chi connectivity index (χ4v) is 3.07. The van der Waals surface area contributed by atoms with Gasteiger partial charge in [0.2, 0.25) is 0 Å². The molecule has 0 aliphatic carbocycles. The first-order valence-corrected chi connectivity index (χ1v) is 8.23. The summed E-state index contributed by atoms with van der Waals surface area (Å²) in [5.74, 6) is 1.39. The van der Waals surface area contributed by atoms with Crippen LogP contribution in [-0.4, -0.2) is 38.8 Å². The van der Waals surface area contributed by atoms with E-state index in [1.54, 1.807) is 17.1 Å². The number of anilines is 1. The molecule has 0 unspecified atom stereocenters. The van der Waals surface area contributed by atoms with Crippen molar-refractivity contribution >= 4 is 11.8 Å². The van der Waals surface area contributed by atoms with Crippen LogP contribution in [0.15, 0.2) is 36.8 Å². The van der Waals surface area contributed by atoms with Gasteiger partial charge in [-0.25, -0.2) is 9.48 Å². The van der Waals surface area contributed by atoms with Gasteiger partial charge in [0.15, 0.2) is 0 Å². The SMILES string of the molecule is CCn1nccc1NC(=O)N1CCC(Cc2cccnc2)CC1. The van der Waals surface area contributed by atoms with Crippen LogP contribution in [-0.2, 0) is 13.0 Å². The summed E-state index contributed by atoms with van der Waals surface area (Å²) >= 11 is 0. The molecule has 6 nitrogen and oxygen atoms in total. The van der Waals surface area contributed by atoms with Gasteiger partial charge >= 0.3 is 6.03 Å². The van der Waals surface area contributed by atoms with E-state index in [0.29, 0.717) is 5.92 Å². The number of piperidine rings is 1. The van der Waals surface area contributed by atoms with Crippen LogP contribution in [0.5, 0.6) is 0 Å². The maximum atomic E-state index is 12.4. The number of aryl methyl sites for hydroxylation is 1. The van der Waals surface area contributed by atoms with E-state index in [1.165, 1.54) is 5.56 Å². The van der Waals surface area contributed by atoms with E-state index in [1.807, 2.05) is 30.2 Å². The molecule has 0 aromatic carbocycles. The number of nitrogens with zero attached hydrogens (tertiary/aromatic N) is 4. The zero-order chi connectivity index (χ0) is 16.1. The van der Waals surface area contributed by atoms with Gasteiger partial charge in [-0.2, -0.15) is 5.10 Å². The Morgan fingerprint density at radius 3 is 2.83 bits per heavy atom. The predicted molar refractivity (Wildman–Crippen MR) is 89.2 cm³/mol. The van der Waals surface area contributed by atoms with Crippen LogP contribution >= 0.6 is 0 Å². The van der Waals surface area contributed by atoms with Gasteiger partial charge in [0.05, 0.1) is 6.20 Å². The molecule has 3 rings (SSSR count). The van der Waals surface area contributed by atoms with Crippen LogP contribution in [0.4, 0.5) is 10.6 Å². The van der Waals surface area contributed by atoms with Crippen LogP contribution in [0, 0.1) is 5.92 Å². The molecule has 1 aliphatic rings. The Labute approximate surface area is 136 Å². The summed E-state index contributed by atoms with van der Waals surface area (Å²) in [6.07, 6.45) is 8.57. The first-order chi connectivity index (χ1) is 11.3. The van der Waals surface area contributed by atoms with E-state index in [4.69, 9.17) is 0 Å². The summed E-state index contributed by atoms with van der Waals surface area (Å²) in [5.41, 5.74) is 1.28. The minimum Gasteiger partial charge on any atom is -0.324 e. The van der Waals surface area contributed by atoms with Crippen molar-refractivity contribution in [3.63, 3.8) is 0 Å². The first kappa shape index (κ1) is 15.5. The van der Waals surface area contributed by atoms with Gasteiger partial charge in [0.25, 0.3) is 0 Å². The zero-order valence-electron chi connectivity index (χ0n) is 13.5. The monoisotopic (exact) mass is 313 g/mol.